The van der Waals surface area contributed by atoms with Crippen LogP contribution in [0, 0.1) is 13.8 Å². The largest absolute Gasteiger partial charge is 0.354 e. The molecule has 0 saturated carbocycles. The van der Waals surface area contributed by atoms with Gasteiger partial charge in [0.25, 0.3) is 5.91 Å². The minimum absolute atomic E-state index is 0.184. The van der Waals surface area contributed by atoms with Crippen LogP contribution < -0.4 is 10.6 Å². The van der Waals surface area contributed by atoms with E-state index < -0.39 is 6.04 Å². The third-order valence-corrected chi connectivity index (χ3v) is 4.89. The van der Waals surface area contributed by atoms with E-state index in [9.17, 15) is 9.59 Å². The van der Waals surface area contributed by atoms with Crippen molar-refractivity contribution in [3.05, 3.63) is 89.2 Å². The maximum atomic E-state index is 12.8. The second-order valence-electron chi connectivity index (χ2n) is 7.38. The quantitative estimate of drug-likeness (QED) is 0.538. The van der Waals surface area contributed by atoms with Crippen LogP contribution in [0.3, 0.4) is 0 Å². The summed E-state index contributed by atoms with van der Waals surface area (Å²) in [6.07, 6.45) is 1.20. The van der Waals surface area contributed by atoms with Crippen molar-refractivity contribution in [3.8, 4) is 0 Å². The molecule has 2 amide bonds. The Morgan fingerprint density at radius 3 is 2.30 bits per heavy atom. The molecule has 2 N–H and O–H groups in total. The molecule has 0 bridgehead atoms. The van der Waals surface area contributed by atoms with Crippen molar-refractivity contribution < 1.29 is 9.59 Å². The van der Waals surface area contributed by atoms with Crippen LogP contribution in [-0.4, -0.2) is 34.2 Å². The number of hydrogen-bond acceptors (Lipinski definition) is 3. The van der Waals surface area contributed by atoms with Crippen molar-refractivity contribution in [3.63, 3.8) is 0 Å². The Bertz CT molecular complexity index is 967. The number of aryl methyl sites for hydroxylation is 3. The lowest BCUT2D eigenvalue weighted by atomic mass is 10.0. The van der Waals surface area contributed by atoms with Gasteiger partial charge in [-0.15, -0.1) is 0 Å². The van der Waals surface area contributed by atoms with E-state index in [1.807, 2.05) is 61.0 Å². The number of nitrogens with zero attached hydrogens (tertiary/aromatic N) is 2. The van der Waals surface area contributed by atoms with E-state index in [2.05, 4.69) is 15.7 Å². The molecule has 156 valence electrons. The Morgan fingerprint density at radius 2 is 1.67 bits per heavy atom. The first kappa shape index (κ1) is 21.3. The normalized spacial score (nSPS) is 11.7. The molecule has 6 heteroatoms. The standard InChI is InChI=1S/C24H28N4O2/c1-18-16-19(2)28(27-18)15-9-14-25-24(30)22(17-20-10-5-3-6-11-20)26-23(29)21-12-7-4-8-13-21/h3-8,10-13,16,22H,9,14-15,17H2,1-2H3,(H,25,30)(H,26,29)/t22-/m1/s1. The molecular formula is C24H28N4O2. The van der Waals surface area contributed by atoms with E-state index in [0.717, 1.165) is 29.9 Å². The monoisotopic (exact) mass is 404 g/mol. The Hall–Kier alpha value is -3.41. The number of hydrogen-bond donors (Lipinski definition) is 2. The highest BCUT2D eigenvalue weighted by Crippen LogP contribution is 2.06. The number of benzene rings is 2. The third kappa shape index (κ3) is 6.04. The summed E-state index contributed by atoms with van der Waals surface area (Å²) in [4.78, 5) is 25.5. The molecule has 0 saturated heterocycles. The fraction of sp³-hybridized carbons (Fsp3) is 0.292. The second-order valence-corrected chi connectivity index (χ2v) is 7.38. The average Bonchev–Trinajstić information content (AvgIpc) is 3.08. The van der Waals surface area contributed by atoms with Gasteiger partial charge in [-0.2, -0.15) is 5.10 Å². The van der Waals surface area contributed by atoms with Crippen molar-refractivity contribution in [1.82, 2.24) is 20.4 Å². The lowest BCUT2D eigenvalue weighted by Gasteiger charge is -2.19. The molecule has 0 radical (unpaired) electrons. The first-order valence-electron chi connectivity index (χ1n) is 10.2. The van der Waals surface area contributed by atoms with Gasteiger partial charge in [0.1, 0.15) is 6.04 Å². The minimum Gasteiger partial charge on any atom is -0.354 e. The molecule has 0 aliphatic carbocycles. The number of carbonyl (C=O) groups is 2. The van der Waals surface area contributed by atoms with Gasteiger partial charge in [0, 0.05) is 30.8 Å². The molecule has 30 heavy (non-hydrogen) atoms. The molecule has 0 unspecified atom stereocenters. The van der Waals surface area contributed by atoms with Crippen molar-refractivity contribution in [2.75, 3.05) is 6.54 Å². The van der Waals surface area contributed by atoms with Crippen LogP contribution in [0.25, 0.3) is 0 Å². The number of aromatic nitrogens is 2. The van der Waals surface area contributed by atoms with Crippen LogP contribution in [-0.2, 0) is 17.8 Å². The minimum atomic E-state index is -0.645. The molecule has 6 nitrogen and oxygen atoms in total. The summed E-state index contributed by atoms with van der Waals surface area (Å²) >= 11 is 0. The lowest BCUT2D eigenvalue weighted by molar-refractivity contribution is -0.122. The number of rotatable bonds is 9. The molecule has 0 spiro atoms. The third-order valence-electron chi connectivity index (χ3n) is 4.89. The Labute approximate surface area is 177 Å². The number of nitrogens with one attached hydrogen (secondary N) is 2. The zero-order valence-corrected chi connectivity index (χ0v) is 17.5. The van der Waals surface area contributed by atoms with E-state index >= 15 is 0 Å². The Kier molecular flexibility index (Phi) is 7.38. The highest BCUT2D eigenvalue weighted by atomic mass is 16.2. The van der Waals surface area contributed by atoms with Crippen molar-refractivity contribution in [2.24, 2.45) is 0 Å². The van der Waals surface area contributed by atoms with Gasteiger partial charge >= 0.3 is 0 Å². The Balaban J connectivity index is 1.59. The maximum Gasteiger partial charge on any atom is 0.251 e. The summed E-state index contributed by atoms with van der Waals surface area (Å²) in [7, 11) is 0. The van der Waals surface area contributed by atoms with Crippen LogP contribution in [0.4, 0.5) is 0 Å². The SMILES string of the molecule is Cc1cc(C)n(CCCNC(=O)[C@@H](Cc2ccccc2)NC(=O)c2ccccc2)n1. The molecule has 2 aromatic carbocycles. The molecule has 0 fully saturated rings. The highest BCUT2D eigenvalue weighted by molar-refractivity contribution is 5.97. The Morgan fingerprint density at radius 1 is 1.00 bits per heavy atom. The molecule has 1 aromatic heterocycles. The molecule has 0 aliphatic rings. The van der Waals surface area contributed by atoms with Crippen molar-refractivity contribution in [1.29, 1.82) is 0 Å². The first-order chi connectivity index (χ1) is 14.5. The van der Waals surface area contributed by atoms with Crippen molar-refractivity contribution >= 4 is 11.8 Å². The van der Waals surface area contributed by atoms with Crippen LogP contribution in [0.2, 0.25) is 0 Å². The average molecular weight is 405 g/mol. The topological polar surface area (TPSA) is 76.0 Å². The first-order valence-corrected chi connectivity index (χ1v) is 10.2. The number of amides is 2. The van der Waals surface area contributed by atoms with E-state index in [0.29, 0.717) is 18.5 Å². The smallest absolute Gasteiger partial charge is 0.251 e. The van der Waals surface area contributed by atoms with E-state index in [-0.39, 0.29) is 11.8 Å². The van der Waals surface area contributed by atoms with Gasteiger partial charge in [0.05, 0.1) is 5.69 Å². The molecule has 0 aliphatic heterocycles. The second kappa shape index (κ2) is 10.4. The fourth-order valence-corrected chi connectivity index (χ4v) is 3.36. The predicted molar refractivity (Wildman–Crippen MR) is 117 cm³/mol. The summed E-state index contributed by atoms with van der Waals surface area (Å²) in [5, 5.41) is 10.3. The van der Waals surface area contributed by atoms with Gasteiger partial charge < -0.3 is 10.6 Å². The summed E-state index contributed by atoms with van der Waals surface area (Å²) in [6, 6.07) is 20.0. The van der Waals surface area contributed by atoms with E-state index in [4.69, 9.17) is 0 Å². The summed E-state index contributed by atoms with van der Waals surface area (Å²) in [5.41, 5.74) is 3.63. The van der Waals surface area contributed by atoms with Crippen molar-refractivity contribution in [2.45, 2.75) is 39.3 Å². The van der Waals surface area contributed by atoms with Crippen LogP contribution in [0.15, 0.2) is 66.7 Å². The molecule has 3 aromatic rings. The van der Waals surface area contributed by atoms with Crippen LogP contribution >= 0.6 is 0 Å². The van der Waals surface area contributed by atoms with Gasteiger partial charge in [-0.05, 0) is 44.0 Å². The van der Waals surface area contributed by atoms with Gasteiger partial charge in [-0.3, -0.25) is 14.3 Å². The predicted octanol–water partition coefficient (Wildman–Crippen LogP) is 3.05. The van der Waals surface area contributed by atoms with Crippen LogP contribution in [0.1, 0.15) is 33.7 Å². The van der Waals surface area contributed by atoms with E-state index in [1.165, 1.54) is 0 Å². The molecule has 3 rings (SSSR count). The summed E-state index contributed by atoms with van der Waals surface area (Å²) in [5.74, 6) is -0.439. The fourth-order valence-electron chi connectivity index (χ4n) is 3.36. The molecule has 1 atom stereocenters. The zero-order valence-electron chi connectivity index (χ0n) is 17.5. The summed E-state index contributed by atoms with van der Waals surface area (Å²) < 4.78 is 1.94. The van der Waals surface area contributed by atoms with Gasteiger partial charge in [0.15, 0.2) is 0 Å². The summed E-state index contributed by atoms with van der Waals surface area (Å²) in [6.45, 7) is 5.24. The molecular weight excluding hydrogens is 376 g/mol. The molecule has 1 heterocycles. The van der Waals surface area contributed by atoms with Gasteiger partial charge in [-0.25, -0.2) is 0 Å². The lowest BCUT2D eigenvalue weighted by Crippen LogP contribution is -2.48. The zero-order chi connectivity index (χ0) is 21.3. The van der Waals surface area contributed by atoms with Gasteiger partial charge in [-0.1, -0.05) is 48.5 Å². The van der Waals surface area contributed by atoms with Crippen LogP contribution in [0.5, 0.6) is 0 Å². The maximum absolute atomic E-state index is 12.8. The number of carbonyl (C=O) groups excluding carboxylic acids is 2. The highest BCUT2D eigenvalue weighted by Gasteiger charge is 2.21. The van der Waals surface area contributed by atoms with E-state index in [1.54, 1.807) is 24.3 Å². The van der Waals surface area contributed by atoms with Gasteiger partial charge in [0.2, 0.25) is 5.91 Å².